The summed E-state index contributed by atoms with van der Waals surface area (Å²) in [7, 11) is 0. The molecule has 90 valence electrons. The van der Waals surface area contributed by atoms with Gasteiger partial charge < -0.3 is 0 Å². The lowest BCUT2D eigenvalue weighted by Gasteiger charge is -2.18. The van der Waals surface area contributed by atoms with Crippen LogP contribution in [0.5, 0.6) is 0 Å². The number of rotatable bonds is 2. The Hall–Kier alpha value is -1.22. The summed E-state index contributed by atoms with van der Waals surface area (Å²) in [6.07, 6.45) is 11.0. The fraction of sp³-hybridized carbons (Fsp3) is 0.571. The van der Waals surface area contributed by atoms with Crippen LogP contribution < -0.4 is 0 Å². The molecule has 3 heteroatoms. The molecule has 0 radical (unpaired) electrons. The smallest absolute Gasteiger partial charge is 0.0727 e. The van der Waals surface area contributed by atoms with Crippen LogP contribution in [0.1, 0.15) is 24.2 Å². The van der Waals surface area contributed by atoms with Crippen LogP contribution in [0.4, 0.5) is 0 Å². The van der Waals surface area contributed by atoms with Crippen molar-refractivity contribution in [3.8, 4) is 0 Å². The molecule has 1 saturated heterocycles. The van der Waals surface area contributed by atoms with Gasteiger partial charge in [-0.2, -0.15) is 0 Å². The molecule has 0 unspecified atom stereocenters. The normalized spacial score (nSPS) is 28.3. The highest BCUT2D eigenvalue weighted by molar-refractivity contribution is 5.03. The molecule has 2 atom stereocenters. The van der Waals surface area contributed by atoms with Gasteiger partial charge in [0.2, 0.25) is 0 Å². The average molecular weight is 229 g/mol. The molecule has 1 aliphatic carbocycles. The second-order valence-electron chi connectivity index (χ2n) is 5.31. The number of likely N-dealkylation sites (tertiary alicyclic amines) is 1. The number of fused-ring (bicyclic) bond motifs is 1. The molecule has 2 heterocycles. The highest BCUT2D eigenvalue weighted by Gasteiger charge is 2.32. The minimum atomic E-state index is 0.874. The molecular formula is C14H19N3. The van der Waals surface area contributed by atoms with Crippen LogP contribution in [0.3, 0.4) is 0 Å². The third-order valence-corrected chi connectivity index (χ3v) is 3.92. The van der Waals surface area contributed by atoms with Gasteiger partial charge in [0.05, 0.1) is 11.4 Å². The van der Waals surface area contributed by atoms with Gasteiger partial charge in [-0.3, -0.25) is 14.9 Å². The molecule has 0 saturated carbocycles. The predicted molar refractivity (Wildman–Crippen MR) is 67.4 cm³/mol. The standard InChI is InChI=1S/C14H19N3/c1-11-6-16-14(7-15-11)10-17-8-12-4-2-3-5-13(12)9-17/h2-3,6-7,12-13H,4-5,8-10H2,1H3/t12-,13+. The summed E-state index contributed by atoms with van der Waals surface area (Å²) in [6.45, 7) is 5.39. The van der Waals surface area contributed by atoms with Gasteiger partial charge in [0.25, 0.3) is 0 Å². The van der Waals surface area contributed by atoms with E-state index >= 15 is 0 Å². The van der Waals surface area contributed by atoms with Crippen molar-refractivity contribution in [3.63, 3.8) is 0 Å². The van der Waals surface area contributed by atoms with E-state index in [1.807, 2.05) is 19.3 Å². The van der Waals surface area contributed by atoms with Crippen molar-refractivity contribution in [1.29, 1.82) is 0 Å². The first-order valence-electron chi connectivity index (χ1n) is 6.46. The number of nitrogens with zero attached hydrogens (tertiary/aromatic N) is 3. The molecule has 2 aliphatic rings. The zero-order valence-corrected chi connectivity index (χ0v) is 10.3. The van der Waals surface area contributed by atoms with Gasteiger partial charge in [0, 0.05) is 32.0 Å². The summed E-state index contributed by atoms with van der Waals surface area (Å²) in [6, 6.07) is 0. The molecule has 3 rings (SSSR count). The highest BCUT2D eigenvalue weighted by Crippen LogP contribution is 2.33. The molecular weight excluding hydrogens is 210 g/mol. The van der Waals surface area contributed by atoms with E-state index in [1.54, 1.807) is 0 Å². The fourth-order valence-corrected chi connectivity index (χ4v) is 2.97. The number of aromatic nitrogens is 2. The molecule has 0 spiro atoms. The lowest BCUT2D eigenvalue weighted by molar-refractivity contribution is 0.309. The van der Waals surface area contributed by atoms with Crippen molar-refractivity contribution in [1.82, 2.24) is 14.9 Å². The predicted octanol–water partition coefficient (Wildman–Crippen LogP) is 2.18. The van der Waals surface area contributed by atoms with Crippen molar-refractivity contribution < 1.29 is 0 Å². The second-order valence-corrected chi connectivity index (χ2v) is 5.31. The first-order chi connectivity index (χ1) is 8.31. The van der Waals surface area contributed by atoms with Gasteiger partial charge in [-0.1, -0.05) is 12.2 Å². The maximum Gasteiger partial charge on any atom is 0.0727 e. The first-order valence-corrected chi connectivity index (χ1v) is 6.46. The molecule has 1 aliphatic heterocycles. The van der Waals surface area contributed by atoms with Crippen LogP contribution in [0, 0.1) is 18.8 Å². The number of hydrogen-bond acceptors (Lipinski definition) is 3. The van der Waals surface area contributed by atoms with E-state index in [0.717, 1.165) is 29.8 Å². The maximum absolute atomic E-state index is 4.44. The Kier molecular flexibility index (Phi) is 2.93. The lowest BCUT2D eigenvalue weighted by Crippen LogP contribution is -2.21. The lowest BCUT2D eigenvalue weighted by atomic mass is 9.86. The largest absolute Gasteiger partial charge is 0.297 e. The van der Waals surface area contributed by atoms with Crippen molar-refractivity contribution >= 4 is 0 Å². The molecule has 0 amide bonds. The monoisotopic (exact) mass is 229 g/mol. The Balaban J connectivity index is 1.62. The zero-order valence-electron chi connectivity index (χ0n) is 10.3. The van der Waals surface area contributed by atoms with E-state index in [9.17, 15) is 0 Å². The van der Waals surface area contributed by atoms with Gasteiger partial charge in [0.1, 0.15) is 0 Å². The molecule has 0 bridgehead atoms. The quantitative estimate of drug-likeness (QED) is 0.728. The number of aryl methyl sites for hydroxylation is 1. The Morgan fingerprint density at radius 3 is 2.41 bits per heavy atom. The van der Waals surface area contributed by atoms with Gasteiger partial charge in [-0.15, -0.1) is 0 Å². The average Bonchev–Trinajstić information content (AvgIpc) is 2.74. The van der Waals surface area contributed by atoms with Gasteiger partial charge in [-0.25, -0.2) is 0 Å². The molecule has 0 aromatic carbocycles. The number of hydrogen-bond donors (Lipinski definition) is 0. The summed E-state index contributed by atoms with van der Waals surface area (Å²) in [4.78, 5) is 11.3. The Labute approximate surface area is 103 Å². The topological polar surface area (TPSA) is 29.0 Å². The summed E-state index contributed by atoms with van der Waals surface area (Å²) in [5.41, 5.74) is 2.09. The van der Waals surface area contributed by atoms with E-state index in [4.69, 9.17) is 0 Å². The van der Waals surface area contributed by atoms with Crippen LogP contribution in [0.15, 0.2) is 24.5 Å². The van der Waals surface area contributed by atoms with Crippen LogP contribution >= 0.6 is 0 Å². The summed E-state index contributed by atoms with van der Waals surface area (Å²) >= 11 is 0. The van der Waals surface area contributed by atoms with E-state index in [1.165, 1.54) is 25.9 Å². The van der Waals surface area contributed by atoms with E-state index in [2.05, 4.69) is 27.0 Å². The van der Waals surface area contributed by atoms with Crippen LogP contribution in [-0.4, -0.2) is 28.0 Å². The van der Waals surface area contributed by atoms with Crippen molar-refractivity contribution in [2.75, 3.05) is 13.1 Å². The van der Waals surface area contributed by atoms with Gasteiger partial charge in [0.15, 0.2) is 0 Å². The van der Waals surface area contributed by atoms with E-state index in [0.29, 0.717) is 0 Å². The Morgan fingerprint density at radius 2 is 1.82 bits per heavy atom. The number of allylic oxidation sites excluding steroid dienone is 2. The van der Waals surface area contributed by atoms with E-state index in [-0.39, 0.29) is 0 Å². The Morgan fingerprint density at radius 1 is 1.12 bits per heavy atom. The maximum atomic E-state index is 4.44. The SMILES string of the molecule is Cc1cnc(CN2C[C@H]3CC=CC[C@H]3C2)cn1. The minimum Gasteiger partial charge on any atom is -0.297 e. The highest BCUT2D eigenvalue weighted by atomic mass is 15.2. The zero-order chi connectivity index (χ0) is 11.7. The van der Waals surface area contributed by atoms with E-state index < -0.39 is 0 Å². The van der Waals surface area contributed by atoms with Crippen molar-refractivity contribution in [2.24, 2.45) is 11.8 Å². The van der Waals surface area contributed by atoms with Crippen molar-refractivity contribution in [2.45, 2.75) is 26.3 Å². The molecule has 0 N–H and O–H groups in total. The summed E-state index contributed by atoms with van der Waals surface area (Å²) < 4.78 is 0. The molecule has 3 nitrogen and oxygen atoms in total. The summed E-state index contributed by atoms with van der Waals surface area (Å²) in [5, 5.41) is 0. The van der Waals surface area contributed by atoms with Crippen LogP contribution in [0.25, 0.3) is 0 Å². The molecule has 17 heavy (non-hydrogen) atoms. The first kappa shape index (κ1) is 10.9. The fourth-order valence-electron chi connectivity index (χ4n) is 2.97. The molecule has 1 aromatic rings. The van der Waals surface area contributed by atoms with Gasteiger partial charge in [-0.05, 0) is 31.6 Å². The summed E-state index contributed by atoms with van der Waals surface area (Å²) in [5.74, 6) is 1.75. The third-order valence-electron chi connectivity index (χ3n) is 3.92. The van der Waals surface area contributed by atoms with Crippen LogP contribution in [-0.2, 0) is 6.54 Å². The van der Waals surface area contributed by atoms with Crippen molar-refractivity contribution in [3.05, 3.63) is 35.9 Å². The minimum absolute atomic E-state index is 0.874. The van der Waals surface area contributed by atoms with Crippen LogP contribution in [0.2, 0.25) is 0 Å². The van der Waals surface area contributed by atoms with Gasteiger partial charge >= 0.3 is 0 Å². The Bertz CT molecular complexity index is 394. The third kappa shape index (κ3) is 2.39. The molecule has 1 aromatic heterocycles. The molecule has 1 fully saturated rings. The second kappa shape index (κ2) is 4.57.